The number of nitrogens with zero attached hydrogens (tertiary/aromatic N) is 3. The third-order valence-corrected chi connectivity index (χ3v) is 6.33. The van der Waals surface area contributed by atoms with E-state index in [0.29, 0.717) is 16.5 Å². The lowest BCUT2D eigenvalue weighted by Crippen LogP contribution is -2.05. The fourth-order valence-corrected chi connectivity index (χ4v) is 4.52. The minimum Gasteiger partial charge on any atom is -0.497 e. The van der Waals surface area contributed by atoms with E-state index >= 15 is 0 Å². The van der Waals surface area contributed by atoms with Gasteiger partial charge in [-0.25, -0.2) is 0 Å². The molecule has 6 heteroatoms. The second-order valence-corrected chi connectivity index (χ2v) is 8.42. The summed E-state index contributed by atoms with van der Waals surface area (Å²) in [5.74, 6) is 1.82. The molecule has 0 saturated carbocycles. The van der Waals surface area contributed by atoms with Gasteiger partial charge in [0.05, 0.1) is 12.9 Å². The standard InChI is InChI=1S/C27H21N3O2S/c1-32-24-15-13-20(14-16-24)26-28-29-27(30(26)23-9-3-2-4-10-23)33-18-25(31)22-12-11-19-7-5-6-8-21(19)17-22/h2-17H,18H2,1H3. The molecule has 4 aromatic carbocycles. The lowest BCUT2D eigenvalue weighted by Gasteiger charge is -2.10. The maximum absolute atomic E-state index is 13.0. The number of methoxy groups -OCH3 is 1. The van der Waals surface area contributed by atoms with Crippen LogP contribution in [-0.4, -0.2) is 33.4 Å². The molecule has 5 aromatic rings. The summed E-state index contributed by atoms with van der Waals surface area (Å²) in [6.07, 6.45) is 0. The number of carbonyl (C=O) groups is 1. The van der Waals surface area contributed by atoms with Crippen molar-refractivity contribution in [2.24, 2.45) is 0 Å². The molecule has 5 nitrogen and oxygen atoms in total. The second kappa shape index (κ2) is 9.30. The lowest BCUT2D eigenvalue weighted by atomic mass is 10.1. The SMILES string of the molecule is COc1ccc(-c2nnc(SCC(=O)c3ccc4ccccc4c3)n2-c2ccccc2)cc1. The Morgan fingerprint density at radius 2 is 1.58 bits per heavy atom. The van der Waals surface area contributed by atoms with Crippen LogP contribution in [0.2, 0.25) is 0 Å². The van der Waals surface area contributed by atoms with Crippen molar-refractivity contribution in [1.29, 1.82) is 0 Å². The van der Waals surface area contributed by atoms with E-state index in [1.165, 1.54) is 11.8 Å². The molecule has 0 unspecified atom stereocenters. The Morgan fingerprint density at radius 1 is 0.848 bits per heavy atom. The Balaban J connectivity index is 1.44. The number of ketones is 1. The van der Waals surface area contributed by atoms with Gasteiger partial charge in [-0.3, -0.25) is 9.36 Å². The van der Waals surface area contributed by atoms with Crippen molar-refractivity contribution >= 4 is 28.3 Å². The van der Waals surface area contributed by atoms with Crippen molar-refractivity contribution in [3.8, 4) is 22.8 Å². The minimum atomic E-state index is 0.0550. The fourth-order valence-electron chi connectivity index (χ4n) is 3.68. The van der Waals surface area contributed by atoms with Gasteiger partial charge in [0.15, 0.2) is 16.8 Å². The van der Waals surface area contributed by atoms with E-state index in [2.05, 4.69) is 10.2 Å². The third-order valence-electron chi connectivity index (χ3n) is 5.40. The number of ether oxygens (including phenoxy) is 1. The maximum Gasteiger partial charge on any atom is 0.196 e. The van der Waals surface area contributed by atoms with E-state index in [9.17, 15) is 4.79 Å². The van der Waals surface area contributed by atoms with E-state index in [1.54, 1.807) is 7.11 Å². The summed E-state index contributed by atoms with van der Waals surface area (Å²) in [6.45, 7) is 0. The van der Waals surface area contributed by atoms with Gasteiger partial charge < -0.3 is 4.74 Å². The van der Waals surface area contributed by atoms with Crippen molar-refractivity contribution in [1.82, 2.24) is 14.8 Å². The second-order valence-electron chi connectivity index (χ2n) is 7.48. The molecule has 0 amide bonds. The number of para-hydroxylation sites is 1. The van der Waals surface area contributed by atoms with Gasteiger partial charge in [-0.2, -0.15) is 0 Å². The Kier molecular flexibility index (Phi) is 5.91. The Hall–Kier alpha value is -3.90. The molecular weight excluding hydrogens is 430 g/mol. The Bertz CT molecular complexity index is 1410. The first kappa shape index (κ1) is 21.0. The van der Waals surface area contributed by atoms with Crippen molar-refractivity contribution < 1.29 is 9.53 Å². The highest BCUT2D eigenvalue weighted by atomic mass is 32.2. The monoisotopic (exact) mass is 451 g/mol. The molecule has 0 radical (unpaired) electrons. The zero-order valence-corrected chi connectivity index (χ0v) is 18.8. The molecule has 1 heterocycles. The van der Waals surface area contributed by atoms with Gasteiger partial charge in [0.1, 0.15) is 5.75 Å². The number of carbonyl (C=O) groups excluding carboxylic acids is 1. The molecule has 33 heavy (non-hydrogen) atoms. The number of hydrogen-bond acceptors (Lipinski definition) is 5. The van der Waals surface area contributed by atoms with Crippen LogP contribution >= 0.6 is 11.8 Å². The third kappa shape index (κ3) is 4.38. The highest BCUT2D eigenvalue weighted by Gasteiger charge is 2.18. The van der Waals surface area contributed by atoms with Gasteiger partial charge in [0.25, 0.3) is 0 Å². The normalized spacial score (nSPS) is 10.9. The van der Waals surface area contributed by atoms with Crippen LogP contribution in [0.4, 0.5) is 0 Å². The van der Waals surface area contributed by atoms with Gasteiger partial charge in [-0.15, -0.1) is 10.2 Å². The Morgan fingerprint density at radius 3 is 2.33 bits per heavy atom. The highest BCUT2D eigenvalue weighted by Crippen LogP contribution is 2.29. The first-order valence-electron chi connectivity index (χ1n) is 10.5. The number of Topliss-reactive ketones (excluding diaryl/α,β-unsaturated/α-hetero) is 1. The first-order valence-corrected chi connectivity index (χ1v) is 11.5. The summed E-state index contributed by atoms with van der Waals surface area (Å²) in [4.78, 5) is 13.0. The van der Waals surface area contributed by atoms with Crippen molar-refractivity contribution in [3.05, 3.63) is 103 Å². The summed E-state index contributed by atoms with van der Waals surface area (Å²) < 4.78 is 7.26. The number of hydrogen-bond donors (Lipinski definition) is 0. The molecule has 5 rings (SSSR count). The van der Waals surface area contributed by atoms with Crippen molar-refractivity contribution in [3.63, 3.8) is 0 Å². The topological polar surface area (TPSA) is 57.0 Å². The number of benzene rings is 4. The van der Waals surface area contributed by atoms with Crippen LogP contribution in [0.1, 0.15) is 10.4 Å². The molecule has 0 spiro atoms. The zero-order chi connectivity index (χ0) is 22.6. The van der Waals surface area contributed by atoms with Crippen LogP contribution in [0, 0.1) is 0 Å². The van der Waals surface area contributed by atoms with Crippen molar-refractivity contribution in [2.45, 2.75) is 5.16 Å². The summed E-state index contributed by atoms with van der Waals surface area (Å²) in [5.41, 5.74) is 2.55. The quantitative estimate of drug-likeness (QED) is 0.222. The lowest BCUT2D eigenvalue weighted by molar-refractivity contribution is 0.102. The number of aromatic nitrogens is 3. The van der Waals surface area contributed by atoms with E-state index in [1.807, 2.05) is 102 Å². The van der Waals surface area contributed by atoms with Gasteiger partial charge in [-0.05, 0) is 53.2 Å². The zero-order valence-electron chi connectivity index (χ0n) is 18.0. The van der Waals surface area contributed by atoms with E-state index in [4.69, 9.17) is 4.74 Å². The molecule has 0 fully saturated rings. The molecule has 0 N–H and O–H groups in total. The molecule has 0 aliphatic heterocycles. The van der Waals surface area contributed by atoms with Gasteiger partial charge in [-0.1, -0.05) is 66.4 Å². The average molecular weight is 452 g/mol. The number of thioether (sulfide) groups is 1. The van der Waals surface area contributed by atoms with Gasteiger partial charge >= 0.3 is 0 Å². The summed E-state index contributed by atoms with van der Waals surface area (Å²) in [5, 5.41) is 11.7. The molecule has 0 aliphatic rings. The predicted octanol–water partition coefficient (Wildman–Crippen LogP) is 6.07. The molecule has 0 saturated heterocycles. The summed E-state index contributed by atoms with van der Waals surface area (Å²) in [6, 6.07) is 31.5. The van der Waals surface area contributed by atoms with Crippen LogP contribution in [0.15, 0.2) is 102 Å². The molecule has 0 bridgehead atoms. The first-order chi connectivity index (χ1) is 16.2. The van der Waals surface area contributed by atoms with E-state index in [0.717, 1.165) is 27.8 Å². The summed E-state index contributed by atoms with van der Waals surface area (Å²) in [7, 11) is 1.64. The molecule has 0 aliphatic carbocycles. The van der Waals surface area contributed by atoms with Crippen LogP contribution < -0.4 is 4.74 Å². The maximum atomic E-state index is 13.0. The van der Waals surface area contributed by atoms with Gasteiger partial charge in [0.2, 0.25) is 0 Å². The molecule has 162 valence electrons. The Labute approximate surface area is 196 Å². The van der Waals surface area contributed by atoms with E-state index < -0.39 is 0 Å². The van der Waals surface area contributed by atoms with Crippen LogP contribution in [0.25, 0.3) is 27.8 Å². The predicted molar refractivity (Wildman–Crippen MR) is 132 cm³/mol. The largest absolute Gasteiger partial charge is 0.497 e. The van der Waals surface area contributed by atoms with Crippen LogP contribution in [0.3, 0.4) is 0 Å². The molecule has 1 aromatic heterocycles. The summed E-state index contributed by atoms with van der Waals surface area (Å²) >= 11 is 1.39. The fraction of sp³-hybridized carbons (Fsp3) is 0.0741. The molecular formula is C27H21N3O2S. The van der Waals surface area contributed by atoms with Crippen molar-refractivity contribution in [2.75, 3.05) is 12.9 Å². The number of rotatable bonds is 7. The number of fused-ring (bicyclic) bond motifs is 1. The van der Waals surface area contributed by atoms with Crippen LogP contribution in [0.5, 0.6) is 5.75 Å². The van der Waals surface area contributed by atoms with Crippen LogP contribution in [-0.2, 0) is 0 Å². The highest BCUT2D eigenvalue weighted by molar-refractivity contribution is 7.99. The van der Waals surface area contributed by atoms with Gasteiger partial charge in [0, 0.05) is 16.8 Å². The molecule has 0 atom stereocenters. The van der Waals surface area contributed by atoms with E-state index in [-0.39, 0.29) is 11.5 Å². The average Bonchev–Trinajstić information content (AvgIpc) is 3.31. The minimum absolute atomic E-state index is 0.0550. The smallest absolute Gasteiger partial charge is 0.196 e.